The van der Waals surface area contributed by atoms with E-state index in [-0.39, 0.29) is 0 Å². The highest BCUT2D eigenvalue weighted by Gasteiger charge is 2.17. The van der Waals surface area contributed by atoms with E-state index in [9.17, 15) is 0 Å². The van der Waals surface area contributed by atoms with Crippen LogP contribution >= 0.6 is 0 Å². The average molecular weight is 715 g/mol. The Bertz CT molecular complexity index is 3210. The Morgan fingerprint density at radius 2 is 0.714 bits per heavy atom. The molecule has 0 radical (unpaired) electrons. The van der Waals surface area contributed by atoms with Crippen molar-refractivity contribution in [1.82, 2.24) is 19.1 Å². The van der Waals surface area contributed by atoms with Gasteiger partial charge in [0.15, 0.2) is 0 Å². The second-order valence-electron chi connectivity index (χ2n) is 14.3. The van der Waals surface area contributed by atoms with Crippen LogP contribution in [0.2, 0.25) is 0 Å². The molecule has 0 atom stereocenters. The number of rotatable bonds is 6. The number of benzene rings is 8. The second-order valence-corrected chi connectivity index (χ2v) is 14.3. The summed E-state index contributed by atoms with van der Waals surface area (Å²) in [7, 11) is 0. The van der Waals surface area contributed by atoms with Gasteiger partial charge in [-0.1, -0.05) is 146 Å². The van der Waals surface area contributed by atoms with Crippen LogP contribution < -0.4 is 0 Å². The third-order valence-electron chi connectivity index (χ3n) is 11.1. The molecule has 0 N–H and O–H groups in total. The Morgan fingerprint density at radius 1 is 0.286 bits per heavy atom. The third-order valence-corrected chi connectivity index (χ3v) is 11.1. The van der Waals surface area contributed by atoms with E-state index in [1.165, 1.54) is 54.8 Å². The lowest BCUT2D eigenvalue weighted by atomic mass is 9.94. The van der Waals surface area contributed by atoms with Crippen LogP contribution in [0.15, 0.2) is 207 Å². The van der Waals surface area contributed by atoms with Crippen LogP contribution in [-0.4, -0.2) is 19.1 Å². The first-order valence-corrected chi connectivity index (χ1v) is 19.0. The van der Waals surface area contributed by atoms with Crippen LogP contribution in [0.5, 0.6) is 0 Å². The van der Waals surface area contributed by atoms with Crippen LogP contribution in [-0.2, 0) is 0 Å². The first-order chi connectivity index (χ1) is 27.8. The van der Waals surface area contributed by atoms with Crippen molar-refractivity contribution >= 4 is 43.6 Å². The third kappa shape index (κ3) is 5.23. The van der Waals surface area contributed by atoms with Crippen molar-refractivity contribution in [1.29, 1.82) is 0 Å². The summed E-state index contributed by atoms with van der Waals surface area (Å²) in [6.45, 7) is 0. The van der Waals surface area contributed by atoms with Crippen LogP contribution in [0, 0.1) is 0 Å². The maximum Gasteiger partial charge on any atom is 0.234 e. The molecule has 4 heteroatoms. The van der Waals surface area contributed by atoms with Crippen molar-refractivity contribution in [3.63, 3.8) is 0 Å². The van der Waals surface area contributed by atoms with Crippen molar-refractivity contribution in [2.75, 3.05) is 0 Å². The Kier molecular flexibility index (Phi) is 7.46. The first kappa shape index (κ1) is 31.9. The SMILES string of the molecule is c1ccc(-c2ccc(-c3ccccc3-c3cnc(-n4c5ccccc5c5cc(-c6ccc7c(c6)c6ccccc6n7-c6ccccc6)ccc54)nc3)cc2)cc1. The zero-order chi connectivity index (χ0) is 37.0. The molecule has 11 rings (SSSR count). The molecule has 262 valence electrons. The average Bonchev–Trinajstić information content (AvgIpc) is 3.79. The van der Waals surface area contributed by atoms with E-state index in [2.05, 4.69) is 197 Å². The molecule has 3 heterocycles. The molecular formula is C52H34N4. The van der Waals surface area contributed by atoms with Crippen LogP contribution in [0.25, 0.3) is 99.8 Å². The number of fused-ring (bicyclic) bond motifs is 6. The van der Waals surface area contributed by atoms with Gasteiger partial charge in [-0.15, -0.1) is 0 Å². The second kappa shape index (κ2) is 13.1. The van der Waals surface area contributed by atoms with Crippen LogP contribution in [0.3, 0.4) is 0 Å². The van der Waals surface area contributed by atoms with Gasteiger partial charge in [0, 0.05) is 45.2 Å². The molecule has 0 spiro atoms. The molecular weight excluding hydrogens is 681 g/mol. The minimum atomic E-state index is 0.646. The normalized spacial score (nSPS) is 11.6. The van der Waals surface area contributed by atoms with Crippen molar-refractivity contribution in [3.05, 3.63) is 207 Å². The van der Waals surface area contributed by atoms with Gasteiger partial charge in [0.25, 0.3) is 0 Å². The Hall–Kier alpha value is -7.56. The molecule has 8 aromatic carbocycles. The lowest BCUT2D eigenvalue weighted by Crippen LogP contribution is -2.01. The van der Waals surface area contributed by atoms with Crippen molar-refractivity contribution in [2.24, 2.45) is 0 Å². The fourth-order valence-corrected chi connectivity index (χ4v) is 8.41. The van der Waals surface area contributed by atoms with Gasteiger partial charge in [0.05, 0.1) is 22.1 Å². The smallest absolute Gasteiger partial charge is 0.234 e. The number of hydrogen-bond donors (Lipinski definition) is 0. The summed E-state index contributed by atoms with van der Waals surface area (Å²) in [5, 5.41) is 4.82. The van der Waals surface area contributed by atoms with Gasteiger partial charge < -0.3 is 4.57 Å². The molecule has 0 bridgehead atoms. The zero-order valence-electron chi connectivity index (χ0n) is 30.4. The molecule has 56 heavy (non-hydrogen) atoms. The molecule has 3 aromatic heterocycles. The highest BCUT2D eigenvalue weighted by Crippen LogP contribution is 2.38. The van der Waals surface area contributed by atoms with Gasteiger partial charge in [0.1, 0.15) is 0 Å². The predicted octanol–water partition coefficient (Wildman–Crippen LogP) is 13.3. The van der Waals surface area contributed by atoms with Gasteiger partial charge in [-0.25, -0.2) is 9.97 Å². The quantitative estimate of drug-likeness (QED) is 0.172. The monoisotopic (exact) mass is 714 g/mol. The number of nitrogens with zero attached hydrogens (tertiary/aromatic N) is 4. The number of para-hydroxylation sites is 3. The Balaban J connectivity index is 0.975. The van der Waals surface area contributed by atoms with Gasteiger partial charge in [-0.05, 0) is 87.5 Å². The van der Waals surface area contributed by atoms with Gasteiger partial charge in [-0.3, -0.25) is 4.57 Å². The van der Waals surface area contributed by atoms with Crippen molar-refractivity contribution in [2.45, 2.75) is 0 Å². The molecule has 0 saturated carbocycles. The summed E-state index contributed by atoms with van der Waals surface area (Å²) in [6.07, 6.45) is 3.91. The van der Waals surface area contributed by atoms with Gasteiger partial charge in [0.2, 0.25) is 5.95 Å². The highest BCUT2D eigenvalue weighted by atomic mass is 15.1. The fraction of sp³-hybridized carbons (Fsp3) is 0. The molecule has 4 nitrogen and oxygen atoms in total. The summed E-state index contributed by atoms with van der Waals surface area (Å²) < 4.78 is 4.54. The number of hydrogen-bond acceptors (Lipinski definition) is 2. The number of aromatic nitrogens is 4. The molecule has 11 aromatic rings. The van der Waals surface area contributed by atoms with E-state index in [1.807, 2.05) is 18.5 Å². The summed E-state index contributed by atoms with van der Waals surface area (Å²) in [5.41, 5.74) is 14.9. The first-order valence-electron chi connectivity index (χ1n) is 19.0. The van der Waals surface area contributed by atoms with Crippen LogP contribution in [0.1, 0.15) is 0 Å². The predicted molar refractivity (Wildman–Crippen MR) is 232 cm³/mol. The van der Waals surface area contributed by atoms with E-state index in [0.29, 0.717) is 5.95 Å². The molecule has 0 saturated heterocycles. The summed E-state index contributed by atoms with van der Waals surface area (Å²) >= 11 is 0. The van der Waals surface area contributed by atoms with Gasteiger partial charge >= 0.3 is 0 Å². The van der Waals surface area contributed by atoms with E-state index >= 15 is 0 Å². The Morgan fingerprint density at radius 3 is 1.34 bits per heavy atom. The van der Waals surface area contributed by atoms with E-state index in [1.54, 1.807) is 0 Å². The summed E-state index contributed by atoms with van der Waals surface area (Å²) in [5.74, 6) is 0.646. The summed E-state index contributed by atoms with van der Waals surface area (Å²) in [6, 6.07) is 69.2. The van der Waals surface area contributed by atoms with Crippen LogP contribution in [0.4, 0.5) is 0 Å². The largest absolute Gasteiger partial charge is 0.309 e. The molecule has 0 aliphatic carbocycles. The maximum atomic E-state index is 5.01. The fourth-order valence-electron chi connectivity index (χ4n) is 8.41. The zero-order valence-corrected chi connectivity index (χ0v) is 30.4. The molecule has 0 aliphatic heterocycles. The minimum absolute atomic E-state index is 0.646. The topological polar surface area (TPSA) is 35.6 Å². The summed E-state index contributed by atoms with van der Waals surface area (Å²) in [4.78, 5) is 10.0. The van der Waals surface area contributed by atoms with E-state index in [4.69, 9.17) is 9.97 Å². The lowest BCUT2D eigenvalue weighted by Gasteiger charge is -2.12. The van der Waals surface area contributed by atoms with Crippen molar-refractivity contribution < 1.29 is 0 Å². The molecule has 0 amide bonds. The van der Waals surface area contributed by atoms with E-state index in [0.717, 1.165) is 39.0 Å². The highest BCUT2D eigenvalue weighted by molar-refractivity contribution is 6.12. The lowest BCUT2D eigenvalue weighted by molar-refractivity contribution is 0.990. The molecule has 0 fully saturated rings. The Labute approximate surface area is 324 Å². The standard InChI is InChI=1S/C52H34N4/c1-3-13-35(14-4-1)36-23-25-37(26-24-36)42-17-7-8-18-43(42)40-33-53-52(54-34-40)56-49-22-12-10-20-45(49)47-32-39(28-30-51(47)56)38-27-29-50-46(31-38)44-19-9-11-21-48(44)55(50)41-15-5-2-6-16-41/h1-34H. The minimum Gasteiger partial charge on any atom is -0.309 e. The van der Waals surface area contributed by atoms with E-state index < -0.39 is 0 Å². The molecule has 0 aliphatic rings. The molecule has 0 unspecified atom stereocenters. The van der Waals surface area contributed by atoms with Gasteiger partial charge in [-0.2, -0.15) is 0 Å². The van der Waals surface area contributed by atoms with Crippen molar-refractivity contribution in [3.8, 4) is 56.1 Å². The maximum absolute atomic E-state index is 5.01.